The van der Waals surface area contributed by atoms with E-state index in [1.165, 1.54) is 0 Å². The number of aromatic carboxylic acids is 1. The first-order valence-corrected chi connectivity index (χ1v) is 9.21. The van der Waals surface area contributed by atoms with Crippen molar-refractivity contribution in [3.05, 3.63) is 89.7 Å². The van der Waals surface area contributed by atoms with E-state index in [2.05, 4.69) is 15.4 Å². The lowest BCUT2D eigenvalue weighted by molar-refractivity contribution is 0.0697. The molecule has 29 heavy (non-hydrogen) atoms. The second-order valence-electron chi connectivity index (χ2n) is 6.80. The van der Waals surface area contributed by atoms with Gasteiger partial charge in [0.05, 0.1) is 16.9 Å². The predicted molar refractivity (Wildman–Crippen MR) is 113 cm³/mol. The van der Waals surface area contributed by atoms with Crippen LogP contribution >= 0.6 is 0 Å². The van der Waals surface area contributed by atoms with Crippen molar-refractivity contribution < 1.29 is 9.90 Å². The second-order valence-corrected chi connectivity index (χ2v) is 6.80. The summed E-state index contributed by atoms with van der Waals surface area (Å²) in [7, 11) is 0. The molecule has 0 aliphatic heterocycles. The topological polar surface area (TPSA) is 80.0 Å². The quantitative estimate of drug-likeness (QED) is 0.506. The number of para-hydroxylation sites is 1. The van der Waals surface area contributed by atoms with Gasteiger partial charge in [0.15, 0.2) is 5.82 Å². The van der Waals surface area contributed by atoms with Crippen LogP contribution in [0.1, 0.15) is 21.5 Å². The molecule has 0 amide bonds. The number of carboxylic acids is 1. The third-order valence-electron chi connectivity index (χ3n) is 4.69. The minimum atomic E-state index is -0.986. The summed E-state index contributed by atoms with van der Waals surface area (Å²) in [6.07, 6.45) is 3.52. The van der Waals surface area contributed by atoms with Gasteiger partial charge in [-0.1, -0.05) is 18.2 Å². The fraction of sp³-hybridized carbons (Fsp3) is 0.0870. The summed E-state index contributed by atoms with van der Waals surface area (Å²) in [5.74, 6) is -0.259. The smallest absolute Gasteiger partial charge is 0.337 e. The molecule has 0 spiro atoms. The number of rotatable bonds is 5. The Kier molecular flexibility index (Phi) is 4.83. The molecule has 0 fully saturated rings. The van der Waals surface area contributed by atoms with Crippen LogP contribution < -0.4 is 5.32 Å². The van der Waals surface area contributed by atoms with E-state index in [0.29, 0.717) is 5.69 Å². The number of nitrogens with zero attached hydrogens (tertiary/aromatic N) is 3. The Bertz CT molecular complexity index is 1160. The molecule has 0 radical (unpaired) electrons. The van der Waals surface area contributed by atoms with Crippen molar-refractivity contribution in [2.75, 3.05) is 5.32 Å². The summed E-state index contributed by atoms with van der Waals surface area (Å²) in [6, 6.07) is 19.0. The van der Waals surface area contributed by atoms with Crippen LogP contribution in [0.3, 0.4) is 0 Å². The first-order valence-electron chi connectivity index (χ1n) is 9.21. The van der Waals surface area contributed by atoms with E-state index >= 15 is 0 Å². The zero-order chi connectivity index (χ0) is 20.4. The Morgan fingerprint density at radius 1 is 1.00 bits per heavy atom. The lowest BCUT2D eigenvalue weighted by Crippen LogP contribution is -2.04. The van der Waals surface area contributed by atoms with E-state index in [-0.39, 0.29) is 5.56 Å². The fourth-order valence-electron chi connectivity index (χ4n) is 3.45. The van der Waals surface area contributed by atoms with Crippen LogP contribution in [0.4, 0.5) is 11.5 Å². The summed E-state index contributed by atoms with van der Waals surface area (Å²) in [4.78, 5) is 15.9. The highest BCUT2D eigenvalue weighted by atomic mass is 16.4. The number of carboxylic acid groups (broad SMARTS) is 1. The van der Waals surface area contributed by atoms with Gasteiger partial charge in [0.25, 0.3) is 0 Å². The first-order chi connectivity index (χ1) is 14.0. The molecule has 0 unspecified atom stereocenters. The lowest BCUT2D eigenvalue weighted by Gasteiger charge is -2.14. The summed E-state index contributed by atoms with van der Waals surface area (Å²) >= 11 is 0. The van der Waals surface area contributed by atoms with Gasteiger partial charge in [-0.2, -0.15) is 5.10 Å². The van der Waals surface area contributed by atoms with E-state index in [1.54, 1.807) is 18.3 Å². The van der Waals surface area contributed by atoms with E-state index in [9.17, 15) is 9.90 Å². The third kappa shape index (κ3) is 3.73. The molecule has 6 nitrogen and oxygen atoms in total. The van der Waals surface area contributed by atoms with Crippen LogP contribution in [0.25, 0.3) is 16.9 Å². The molecular weight excluding hydrogens is 364 g/mol. The van der Waals surface area contributed by atoms with Crippen LogP contribution in [-0.4, -0.2) is 25.8 Å². The highest BCUT2D eigenvalue weighted by Crippen LogP contribution is 2.32. The van der Waals surface area contributed by atoms with Gasteiger partial charge in [0.1, 0.15) is 0 Å². The van der Waals surface area contributed by atoms with Crippen LogP contribution in [0, 0.1) is 13.8 Å². The molecule has 0 aliphatic rings. The van der Waals surface area contributed by atoms with E-state index < -0.39 is 5.97 Å². The van der Waals surface area contributed by atoms with Crippen LogP contribution in [0.15, 0.2) is 73.1 Å². The van der Waals surface area contributed by atoms with Crippen molar-refractivity contribution in [2.24, 2.45) is 0 Å². The molecule has 2 heterocycles. The van der Waals surface area contributed by atoms with Crippen LogP contribution in [0.2, 0.25) is 0 Å². The molecule has 2 N–H and O–H groups in total. The largest absolute Gasteiger partial charge is 0.478 e. The molecule has 0 saturated carbocycles. The van der Waals surface area contributed by atoms with Crippen LogP contribution in [0.5, 0.6) is 0 Å². The minimum absolute atomic E-state index is 0.195. The Balaban J connectivity index is 1.65. The minimum Gasteiger partial charge on any atom is -0.478 e. The van der Waals surface area contributed by atoms with Gasteiger partial charge in [0.2, 0.25) is 0 Å². The number of carbonyl (C=O) groups is 1. The van der Waals surface area contributed by atoms with Crippen molar-refractivity contribution >= 4 is 17.5 Å². The Morgan fingerprint density at radius 2 is 1.72 bits per heavy atom. The third-order valence-corrected chi connectivity index (χ3v) is 4.69. The summed E-state index contributed by atoms with van der Waals surface area (Å²) in [5.41, 5.74) is 5.26. The highest BCUT2D eigenvalue weighted by Gasteiger charge is 2.17. The summed E-state index contributed by atoms with van der Waals surface area (Å²) in [5, 5.41) is 17.4. The SMILES string of the molecule is Cc1cc(Nc2ccn(-c3ccccc3)n2)cc(C)c1-c1ncccc1C(=O)O. The molecule has 4 rings (SSSR count). The second kappa shape index (κ2) is 7.59. The van der Waals surface area contributed by atoms with Crippen molar-refractivity contribution in [2.45, 2.75) is 13.8 Å². The maximum atomic E-state index is 11.6. The number of hydrogen-bond acceptors (Lipinski definition) is 4. The van der Waals surface area contributed by atoms with Gasteiger partial charge in [-0.25, -0.2) is 9.48 Å². The van der Waals surface area contributed by atoms with Crippen LogP contribution in [-0.2, 0) is 0 Å². The Labute approximate surface area is 168 Å². The Hall–Kier alpha value is -3.93. The van der Waals surface area contributed by atoms with Gasteiger partial charge in [-0.15, -0.1) is 0 Å². The predicted octanol–water partition coefficient (Wildman–Crippen LogP) is 4.99. The standard InChI is InChI=1S/C23H20N4O2/c1-15-13-17(25-20-10-12-27(26-20)18-7-4-3-5-8-18)14-16(2)21(15)22-19(23(28)29)9-6-11-24-22/h3-14H,1-2H3,(H,25,26)(H,28,29). The number of pyridine rings is 1. The van der Waals surface area contributed by atoms with E-state index in [0.717, 1.165) is 33.9 Å². The monoisotopic (exact) mass is 384 g/mol. The van der Waals surface area contributed by atoms with E-state index in [4.69, 9.17) is 0 Å². The Morgan fingerprint density at radius 3 is 2.41 bits per heavy atom. The van der Waals surface area contributed by atoms with Crippen molar-refractivity contribution in [3.8, 4) is 16.9 Å². The van der Waals surface area contributed by atoms with Gasteiger partial charge in [0, 0.05) is 29.7 Å². The number of aryl methyl sites for hydroxylation is 2. The van der Waals surface area contributed by atoms with Crippen molar-refractivity contribution in [1.29, 1.82) is 0 Å². The molecule has 0 aliphatic carbocycles. The van der Waals surface area contributed by atoms with Gasteiger partial charge in [-0.3, -0.25) is 4.98 Å². The summed E-state index contributed by atoms with van der Waals surface area (Å²) < 4.78 is 1.81. The molecule has 2 aromatic carbocycles. The number of hydrogen-bond donors (Lipinski definition) is 2. The molecule has 0 atom stereocenters. The fourth-order valence-corrected chi connectivity index (χ4v) is 3.45. The van der Waals surface area contributed by atoms with Crippen molar-refractivity contribution in [1.82, 2.24) is 14.8 Å². The van der Waals surface area contributed by atoms with Gasteiger partial charge >= 0.3 is 5.97 Å². The first kappa shape index (κ1) is 18.4. The zero-order valence-corrected chi connectivity index (χ0v) is 16.1. The molecular formula is C23H20N4O2. The molecule has 0 saturated heterocycles. The number of aromatic nitrogens is 3. The number of benzene rings is 2. The number of nitrogens with one attached hydrogen (secondary N) is 1. The van der Waals surface area contributed by atoms with Crippen molar-refractivity contribution in [3.63, 3.8) is 0 Å². The normalized spacial score (nSPS) is 10.7. The average Bonchev–Trinajstić information content (AvgIpc) is 3.17. The zero-order valence-electron chi connectivity index (χ0n) is 16.1. The average molecular weight is 384 g/mol. The molecule has 0 bridgehead atoms. The highest BCUT2D eigenvalue weighted by molar-refractivity contribution is 5.95. The maximum absolute atomic E-state index is 11.6. The molecule has 6 heteroatoms. The molecule has 4 aromatic rings. The van der Waals surface area contributed by atoms with Gasteiger partial charge < -0.3 is 10.4 Å². The number of anilines is 2. The molecule has 144 valence electrons. The lowest BCUT2D eigenvalue weighted by atomic mass is 9.95. The van der Waals surface area contributed by atoms with Gasteiger partial charge in [-0.05, 0) is 61.4 Å². The molecule has 2 aromatic heterocycles. The van der Waals surface area contributed by atoms with E-state index in [1.807, 2.05) is 73.3 Å². The maximum Gasteiger partial charge on any atom is 0.337 e. The summed E-state index contributed by atoms with van der Waals surface area (Å²) in [6.45, 7) is 3.91.